The molecule has 0 amide bonds. The maximum absolute atomic E-state index is 2.38. The second-order valence-corrected chi connectivity index (χ2v) is 5.53. The Balaban J connectivity index is 4.83. The molecule has 0 aromatic rings. The van der Waals surface area contributed by atoms with Crippen LogP contribution < -0.4 is 0 Å². The lowest BCUT2D eigenvalue weighted by Gasteiger charge is -2.34. The first-order valence-electron chi connectivity index (χ1n) is 4.90. The van der Waals surface area contributed by atoms with E-state index in [1.165, 1.54) is 0 Å². The Kier molecular flexibility index (Phi) is 3.56. The van der Waals surface area contributed by atoms with Crippen LogP contribution in [-0.4, -0.2) is 0 Å². The monoisotopic (exact) mass is 168 g/mol. The standard InChI is InChI=1S/C12H24/c1-8-9-10(11(2,3)4)12(5,6)7/h9H,8H2,1-7H3. The second kappa shape index (κ2) is 3.64. The van der Waals surface area contributed by atoms with Crippen LogP contribution in [0.5, 0.6) is 0 Å². The molecular formula is C12H24. The number of allylic oxidation sites excluding steroid dienone is 2. The number of rotatable bonds is 1. The summed E-state index contributed by atoms with van der Waals surface area (Å²) in [5.74, 6) is 0. The van der Waals surface area contributed by atoms with Gasteiger partial charge >= 0.3 is 0 Å². The lowest BCUT2D eigenvalue weighted by molar-refractivity contribution is 0.360. The summed E-state index contributed by atoms with van der Waals surface area (Å²) >= 11 is 0. The van der Waals surface area contributed by atoms with E-state index in [0.717, 1.165) is 6.42 Å². The van der Waals surface area contributed by atoms with Crippen LogP contribution in [0.2, 0.25) is 0 Å². The van der Waals surface area contributed by atoms with Gasteiger partial charge in [0, 0.05) is 0 Å². The fourth-order valence-corrected chi connectivity index (χ4v) is 1.94. The highest BCUT2D eigenvalue weighted by molar-refractivity contribution is 5.17. The van der Waals surface area contributed by atoms with Crippen molar-refractivity contribution >= 4 is 0 Å². The smallest absolute Gasteiger partial charge is 0.0168 e. The summed E-state index contributed by atoms with van der Waals surface area (Å²) in [5.41, 5.74) is 2.19. The number of hydrogen-bond donors (Lipinski definition) is 0. The van der Waals surface area contributed by atoms with Crippen LogP contribution >= 0.6 is 0 Å². The van der Waals surface area contributed by atoms with Crippen molar-refractivity contribution in [2.75, 3.05) is 0 Å². The molecule has 0 heteroatoms. The van der Waals surface area contributed by atoms with Gasteiger partial charge in [0.05, 0.1) is 0 Å². The van der Waals surface area contributed by atoms with Crippen molar-refractivity contribution in [2.24, 2.45) is 10.8 Å². The molecule has 0 fully saturated rings. The van der Waals surface area contributed by atoms with Crippen LogP contribution in [0.1, 0.15) is 54.9 Å². The Labute approximate surface area is 78.1 Å². The van der Waals surface area contributed by atoms with Crippen LogP contribution in [0, 0.1) is 10.8 Å². The van der Waals surface area contributed by atoms with Crippen molar-refractivity contribution in [1.29, 1.82) is 0 Å². The summed E-state index contributed by atoms with van der Waals surface area (Å²) < 4.78 is 0. The molecule has 0 saturated heterocycles. The van der Waals surface area contributed by atoms with Gasteiger partial charge in [-0.2, -0.15) is 0 Å². The van der Waals surface area contributed by atoms with Crippen molar-refractivity contribution in [1.82, 2.24) is 0 Å². The van der Waals surface area contributed by atoms with Crippen molar-refractivity contribution in [3.63, 3.8) is 0 Å². The quantitative estimate of drug-likeness (QED) is 0.509. The minimum atomic E-state index is 0.314. The molecule has 0 nitrogen and oxygen atoms in total. The highest BCUT2D eigenvalue weighted by Crippen LogP contribution is 2.39. The molecule has 0 aromatic carbocycles. The topological polar surface area (TPSA) is 0 Å². The van der Waals surface area contributed by atoms with Crippen LogP contribution in [0.15, 0.2) is 11.6 Å². The third kappa shape index (κ3) is 3.42. The lowest BCUT2D eigenvalue weighted by Crippen LogP contribution is -2.22. The van der Waals surface area contributed by atoms with Crippen molar-refractivity contribution in [3.8, 4) is 0 Å². The number of hydrogen-bond acceptors (Lipinski definition) is 0. The summed E-state index contributed by atoms with van der Waals surface area (Å²) in [6, 6.07) is 0. The average molecular weight is 168 g/mol. The summed E-state index contributed by atoms with van der Waals surface area (Å²) in [7, 11) is 0. The molecule has 0 aromatic heterocycles. The SMILES string of the molecule is CCC=C(C(C)(C)C)C(C)(C)C. The highest BCUT2D eigenvalue weighted by atomic mass is 14.3. The maximum Gasteiger partial charge on any atom is -0.0168 e. The largest absolute Gasteiger partial charge is 0.0845 e. The predicted octanol–water partition coefficient (Wildman–Crippen LogP) is 4.42. The molecule has 12 heavy (non-hydrogen) atoms. The van der Waals surface area contributed by atoms with E-state index in [1.807, 2.05) is 0 Å². The van der Waals surface area contributed by atoms with Crippen LogP contribution in [0.3, 0.4) is 0 Å². The molecule has 0 saturated carbocycles. The molecular weight excluding hydrogens is 144 g/mol. The predicted molar refractivity (Wildman–Crippen MR) is 57.3 cm³/mol. The van der Waals surface area contributed by atoms with Gasteiger partial charge in [-0.25, -0.2) is 0 Å². The van der Waals surface area contributed by atoms with Crippen LogP contribution in [0.25, 0.3) is 0 Å². The van der Waals surface area contributed by atoms with Gasteiger partial charge in [0.25, 0.3) is 0 Å². The van der Waals surface area contributed by atoms with Gasteiger partial charge in [-0.05, 0) is 17.3 Å². The van der Waals surface area contributed by atoms with Gasteiger partial charge in [-0.1, -0.05) is 60.1 Å². The minimum Gasteiger partial charge on any atom is -0.0845 e. The zero-order chi connectivity index (χ0) is 9.99. The van der Waals surface area contributed by atoms with Gasteiger partial charge < -0.3 is 0 Å². The van der Waals surface area contributed by atoms with Crippen LogP contribution in [0.4, 0.5) is 0 Å². The molecule has 0 rings (SSSR count). The zero-order valence-corrected chi connectivity index (χ0v) is 9.78. The molecule has 0 spiro atoms. The Hall–Kier alpha value is -0.260. The molecule has 0 aliphatic rings. The highest BCUT2D eigenvalue weighted by Gasteiger charge is 2.26. The Morgan fingerprint density at radius 2 is 1.25 bits per heavy atom. The van der Waals surface area contributed by atoms with Gasteiger partial charge in [-0.15, -0.1) is 0 Å². The molecule has 0 N–H and O–H groups in total. The molecule has 0 radical (unpaired) electrons. The molecule has 0 aliphatic heterocycles. The summed E-state index contributed by atoms with van der Waals surface area (Å²) in [4.78, 5) is 0. The van der Waals surface area contributed by atoms with Gasteiger partial charge in [-0.3, -0.25) is 0 Å². The van der Waals surface area contributed by atoms with E-state index >= 15 is 0 Å². The summed E-state index contributed by atoms with van der Waals surface area (Å²) in [5, 5.41) is 0. The van der Waals surface area contributed by atoms with E-state index in [9.17, 15) is 0 Å². The van der Waals surface area contributed by atoms with Gasteiger partial charge in [0.15, 0.2) is 0 Å². The Morgan fingerprint density at radius 3 is 1.33 bits per heavy atom. The van der Waals surface area contributed by atoms with Crippen LogP contribution in [-0.2, 0) is 0 Å². The van der Waals surface area contributed by atoms with Gasteiger partial charge in [0.2, 0.25) is 0 Å². The summed E-state index contributed by atoms with van der Waals surface area (Å²) in [6.07, 6.45) is 3.52. The zero-order valence-electron chi connectivity index (χ0n) is 9.78. The average Bonchev–Trinajstić information content (AvgIpc) is 1.77. The van der Waals surface area contributed by atoms with Crippen molar-refractivity contribution < 1.29 is 0 Å². The molecule has 0 unspecified atom stereocenters. The van der Waals surface area contributed by atoms with E-state index in [2.05, 4.69) is 54.5 Å². The van der Waals surface area contributed by atoms with Crippen molar-refractivity contribution in [2.45, 2.75) is 54.9 Å². The fraction of sp³-hybridized carbons (Fsp3) is 0.833. The third-order valence-electron chi connectivity index (χ3n) is 2.02. The fourth-order valence-electron chi connectivity index (χ4n) is 1.94. The van der Waals surface area contributed by atoms with E-state index in [0.29, 0.717) is 10.8 Å². The second-order valence-electron chi connectivity index (χ2n) is 5.53. The molecule has 0 bridgehead atoms. The minimum absolute atomic E-state index is 0.314. The normalized spacial score (nSPS) is 12.9. The van der Waals surface area contributed by atoms with E-state index < -0.39 is 0 Å². The third-order valence-corrected chi connectivity index (χ3v) is 2.02. The summed E-state index contributed by atoms with van der Waals surface area (Å²) in [6.45, 7) is 16.0. The first-order chi connectivity index (χ1) is 5.19. The van der Waals surface area contributed by atoms with Crippen molar-refractivity contribution in [3.05, 3.63) is 11.6 Å². The molecule has 0 atom stereocenters. The Bertz CT molecular complexity index is 143. The van der Waals surface area contributed by atoms with Gasteiger partial charge in [0.1, 0.15) is 0 Å². The Morgan fingerprint density at radius 1 is 0.917 bits per heavy atom. The molecule has 72 valence electrons. The van der Waals surface area contributed by atoms with E-state index in [4.69, 9.17) is 0 Å². The lowest BCUT2D eigenvalue weighted by atomic mass is 9.71. The van der Waals surface area contributed by atoms with E-state index in [-0.39, 0.29) is 0 Å². The maximum atomic E-state index is 2.38. The first-order valence-corrected chi connectivity index (χ1v) is 4.90. The first kappa shape index (κ1) is 11.7. The molecule has 0 heterocycles. The van der Waals surface area contributed by atoms with E-state index in [1.54, 1.807) is 5.57 Å². The molecule has 0 aliphatic carbocycles.